The van der Waals surface area contributed by atoms with E-state index in [0.29, 0.717) is 26.2 Å². The highest BCUT2D eigenvalue weighted by Gasteiger charge is 2.32. The molecule has 0 atom stereocenters. The van der Waals surface area contributed by atoms with Crippen molar-refractivity contribution in [2.24, 2.45) is 0 Å². The third-order valence-corrected chi connectivity index (χ3v) is 4.38. The van der Waals surface area contributed by atoms with Crippen LogP contribution in [-0.2, 0) is 6.18 Å². The number of benzene rings is 1. The maximum atomic E-state index is 12.8. The number of nitrogens with one attached hydrogen (secondary N) is 1. The summed E-state index contributed by atoms with van der Waals surface area (Å²) in [4.78, 5) is 16.1. The lowest BCUT2D eigenvalue weighted by molar-refractivity contribution is -0.137. The summed E-state index contributed by atoms with van der Waals surface area (Å²) in [6.45, 7) is 8.77. The fourth-order valence-electron chi connectivity index (χ4n) is 2.57. The number of carbonyl (C=O) groups excluding carboxylic acids is 1. The van der Waals surface area contributed by atoms with E-state index in [1.807, 2.05) is 0 Å². The molecule has 1 fully saturated rings. The van der Waals surface area contributed by atoms with Gasteiger partial charge < -0.3 is 10.2 Å². The van der Waals surface area contributed by atoms with E-state index >= 15 is 0 Å². The van der Waals surface area contributed by atoms with E-state index in [1.54, 1.807) is 4.90 Å². The van der Waals surface area contributed by atoms with E-state index in [9.17, 15) is 18.0 Å². The number of hydrogen-bond acceptors (Lipinski definition) is 2. The average Bonchev–Trinajstić information content (AvgIpc) is 2.47. The molecule has 1 N–H and O–H groups in total. The van der Waals surface area contributed by atoms with Gasteiger partial charge in [0, 0.05) is 31.7 Å². The van der Waals surface area contributed by atoms with Gasteiger partial charge >= 0.3 is 12.2 Å². The van der Waals surface area contributed by atoms with E-state index in [-0.39, 0.29) is 16.2 Å². The van der Waals surface area contributed by atoms with Gasteiger partial charge in [-0.2, -0.15) is 13.2 Å². The Balaban J connectivity index is 2.03. The van der Waals surface area contributed by atoms with E-state index in [0.717, 1.165) is 18.2 Å². The van der Waals surface area contributed by atoms with Crippen LogP contribution in [0.2, 0.25) is 5.02 Å². The van der Waals surface area contributed by atoms with Crippen molar-refractivity contribution in [3.8, 4) is 0 Å². The molecule has 0 aliphatic carbocycles. The zero-order valence-electron chi connectivity index (χ0n) is 13.9. The molecule has 1 saturated heterocycles. The van der Waals surface area contributed by atoms with Gasteiger partial charge in [-0.3, -0.25) is 4.90 Å². The maximum absolute atomic E-state index is 12.8. The molecule has 4 nitrogen and oxygen atoms in total. The number of urea groups is 1. The first-order valence-electron chi connectivity index (χ1n) is 7.66. The fourth-order valence-corrected chi connectivity index (χ4v) is 2.74. The lowest BCUT2D eigenvalue weighted by Gasteiger charge is -2.42. The van der Waals surface area contributed by atoms with Crippen molar-refractivity contribution in [1.29, 1.82) is 0 Å². The highest BCUT2D eigenvalue weighted by molar-refractivity contribution is 6.33. The van der Waals surface area contributed by atoms with Crippen LogP contribution in [0.3, 0.4) is 0 Å². The SMILES string of the molecule is CC(C)(C)N1CCN(C(=O)Nc2cc(C(F)(F)F)ccc2Cl)CC1. The van der Waals surface area contributed by atoms with Crippen LogP contribution in [0.25, 0.3) is 0 Å². The first kappa shape index (κ1) is 18.9. The quantitative estimate of drug-likeness (QED) is 0.807. The van der Waals surface area contributed by atoms with E-state index in [4.69, 9.17) is 11.6 Å². The van der Waals surface area contributed by atoms with Crippen LogP contribution >= 0.6 is 11.6 Å². The minimum atomic E-state index is -4.48. The topological polar surface area (TPSA) is 35.6 Å². The van der Waals surface area contributed by atoms with Crippen molar-refractivity contribution < 1.29 is 18.0 Å². The summed E-state index contributed by atoms with van der Waals surface area (Å²) < 4.78 is 38.3. The molecule has 2 amide bonds. The Morgan fingerprint density at radius 2 is 1.71 bits per heavy atom. The number of piperazine rings is 1. The Kier molecular flexibility index (Phi) is 5.34. The third kappa shape index (κ3) is 4.54. The standard InChI is InChI=1S/C16H21ClF3N3O/c1-15(2,3)23-8-6-22(7-9-23)14(24)21-13-10-11(16(18,19)20)4-5-12(13)17/h4-5,10H,6-9H2,1-3H3,(H,21,24). The lowest BCUT2D eigenvalue weighted by atomic mass is 10.1. The summed E-state index contributed by atoms with van der Waals surface area (Å²) in [5.74, 6) is 0. The van der Waals surface area contributed by atoms with Crippen molar-refractivity contribution in [2.75, 3.05) is 31.5 Å². The van der Waals surface area contributed by atoms with Gasteiger partial charge in [0.25, 0.3) is 0 Å². The van der Waals surface area contributed by atoms with Gasteiger partial charge in [-0.25, -0.2) is 4.79 Å². The van der Waals surface area contributed by atoms with Crippen LogP contribution in [-0.4, -0.2) is 47.5 Å². The van der Waals surface area contributed by atoms with Gasteiger partial charge in [0.05, 0.1) is 16.3 Å². The lowest BCUT2D eigenvalue weighted by Crippen LogP contribution is -2.55. The molecule has 0 spiro atoms. The van der Waals surface area contributed by atoms with Crippen LogP contribution in [0, 0.1) is 0 Å². The van der Waals surface area contributed by atoms with Gasteiger partial charge in [-0.1, -0.05) is 11.6 Å². The number of rotatable bonds is 1. The monoisotopic (exact) mass is 363 g/mol. The molecule has 8 heteroatoms. The zero-order valence-corrected chi connectivity index (χ0v) is 14.6. The Bertz CT molecular complexity index is 606. The Hall–Kier alpha value is -1.47. The number of hydrogen-bond donors (Lipinski definition) is 1. The van der Waals surface area contributed by atoms with Crippen molar-refractivity contribution in [1.82, 2.24) is 9.80 Å². The number of alkyl halides is 3. The number of halogens is 4. The highest BCUT2D eigenvalue weighted by atomic mass is 35.5. The molecule has 0 bridgehead atoms. The fraction of sp³-hybridized carbons (Fsp3) is 0.562. The van der Waals surface area contributed by atoms with Gasteiger partial charge in [0.2, 0.25) is 0 Å². The second-order valence-electron chi connectivity index (χ2n) is 6.77. The molecule has 0 radical (unpaired) electrons. The van der Waals surface area contributed by atoms with Crippen LogP contribution < -0.4 is 5.32 Å². The highest BCUT2D eigenvalue weighted by Crippen LogP contribution is 2.34. The summed E-state index contributed by atoms with van der Waals surface area (Å²) in [5.41, 5.74) is -0.859. The summed E-state index contributed by atoms with van der Waals surface area (Å²) >= 11 is 5.90. The molecule has 1 heterocycles. The van der Waals surface area contributed by atoms with E-state index in [2.05, 4.69) is 31.0 Å². The average molecular weight is 364 g/mol. The number of amides is 2. The predicted octanol–water partition coefficient (Wildman–Crippen LogP) is 4.31. The first-order valence-corrected chi connectivity index (χ1v) is 8.04. The van der Waals surface area contributed by atoms with Crippen molar-refractivity contribution in [3.63, 3.8) is 0 Å². The van der Waals surface area contributed by atoms with Gasteiger partial charge in [-0.05, 0) is 39.0 Å². The smallest absolute Gasteiger partial charge is 0.322 e. The molecule has 24 heavy (non-hydrogen) atoms. The molecule has 0 saturated carbocycles. The van der Waals surface area contributed by atoms with E-state index in [1.165, 1.54) is 0 Å². The summed E-state index contributed by atoms with van der Waals surface area (Å²) in [6.07, 6.45) is -4.48. The Labute approximate surface area is 144 Å². The maximum Gasteiger partial charge on any atom is 0.416 e. The summed E-state index contributed by atoms with van der Waals surface area (Å²) in [6, 6.07) is 2.44. The first-order chi connectivity index (χ1) is 11.0. The Morgan fingerprint density at radius 3 is 2.21 bits per heavy atom. The number of carbonyl (C=O) groups is 1. The van der Waals surface area contributed by atoms with E-state index < -0.39 is 17.8 Å². The number of anilines is 1. The van der Waals surface area contributed by atoms with Crippen LogP contribution in [0.15, 0.2) is 18.2 Å². The molecule has 1 aromatic rings. The van der Waals surface area contributed by atoms with Gasteiger partial charge in [0.1, 0.15) is 0 Å². The van der Waals surface area contributed by atoms with Crippen LogP contribution in [0.4, 0.5) is 23.7 Å². The molecule has 1 aromatic carbocycles. The summed E-state index contributed by atoms with van der Waals surface area (Å²) in [5, 5.41) is 2.56. The molecule has 0 aromatic heterocycles. The molecular formula is C16H21ClF3N3O. The van der Waals surface area contributed by atoms with Crippen molar-refractivity contribution in [2.45, 2.75) is 32.5 Å². The predicted molar refractivity (Wildman–Crippen MR) is 88.4 cm³/mol. The largest absolute Gasteiger partial charge is 0.416 e. The number of nitrogens with zero attached hydrogens (tertiary/aromatic N) is 2. The molecule has 0 unspecified atom stereocenters. The molecule has 2 rings (SSSR count). The third-order valence-electron chi connectivity index (χ3n) is 4.05. The normalized spacial score (nSPS) is 17.0. The van der Waals surface area contributed by atoms with Gasteiger partial charge in [0.15, 0.2) is 0 Å². The zero-order chi connectivity index (χ0) is 18.1. The van der Waals surface area contributed by atoms with Crippen molar-refractivity contribution in [3.05, 3.63) is 28.8 Å². The molecule has 1 aliphatic rings. The minimum Gasteiger partial charge on any atom is -0.322 e. The minimum absolute atomic E-state index is 0.0207. The summed E-state index contributed by atoms with van der Waals surface area (Å²) in [7, 11) is 0. The molecule has 134 valence electrons. The Morgan fingerprint density at radius 1 is 1.12 bits per heavy atom. The van der Waals surface area contributed by atoms with Crippen molar-refractivity contribution >= 4 is 23.3 Å². The second kappa shape index (κ2) is 6.80. The van der Waals surface area contributed by atoms with Crippen LogP contribution in [0.5, 0.6) is 0 Å². The van der Waals surface area contributed by atoms with Gasteiger partial charge in [-0.15, -0.1) is 0 Å². The molecule has 1 aliphatic heterocycles. The van der Waals surface area contributed by atoms with Crippen LogP contribution in [0.1, 0.15) is 26.3 Å². The second-order valence-corrected chi connectivity index (χ2v) is 7.17. The molecular weight excluding hydrogens is 343 g/mol.